The lowest BCUT2D eigenvalue weighted by Crippen LogP contribution is -2.27. The molecule has 0 saturated heterocycles. The number of halogens is 1. The number of carbonyl (C=O) groups is 3. The van der Waals surface area contributed by atoms with Gasteiger partial charge in [0.2, 0.25) is 0 Å². The molecule has 8 nitrogen and oxygen atoms in total. The van der Waals surface area contributed by atoms with Crippen LogP contribution in [0.2, 0.25) is 0 Å². The minimum Gasteiger partial charge on any atom is -0.384 e. The van der Waals surface area contributed by atoms with Crippen molar-refractivity contribution >= 4 is 39.5 Å². The maximum Gasteiger partial charge on any atom is 0.262 e. The molecule has 1 aliphatic rings. The monoisotopic (exact) mass is 376 g/mol. The van der Waals surface area contributed by atoms with Crippen LogP contribution in [-0.4, -0.2) is 22.3 Å². The third-order valence-electron chi connectivity index (χ3n) is 3.43. The summed E-state index contributed by atoms with van der Waals surface area (Å²) < 4.78 is 1.36. The van der Waals surface area contributed by atoms with Crippen LogP contribution >= 0.6 is 15.9 Å². The van der Waals surface area contributed by atoms with Gasteiger partial charge in [-0.2, -0.15) is 0 Å². The van der Waals surface area contributed by atoms with Gasteiger partial charge < -0.3 is 11.5 Å². The summed E-state index contributed by atoms with van der Waals surface area (Å²) in [7, 11) is 0. The standard InChI is InChI=1S/C14H9BrN4O4/c15-7-3-1-2-5(12(17)21)10(7)19-8(20)4-6-9(11(19)16)14(23)18-13(6)22/h1-4H,16H2,(H2,17,21)(H,18,22,23). The van der Waals surface area contributed by atoms with Crippen molar-refractivity contribution in [1.29, 1.82) is 0 Å². The fraction of sp³-hybridized carbons (Fsp3) is 0. The van der Waals surface area contributed by atoms with Crippen molar-refractivity contribution < 1.29 is 14.4 Å². The predicted molar refractivity (Wildman–Crippen MR) is 84.5 cm³/mol. The molecule has 23 heavy (non-hydrogen) atoms. The number of rotatable bonds is 2. The molecule has 0 spiro atoms. The molecule has 2 heterocycles. The molecule has 3 amide bonds. The number of pyridine rings is 1. The van der Waals surface area contributed by atoms with Crippen molar-refractivity contribution in [2.75, 3.05) is 5.73 Å². The highest BCUT2D eigenvalue weighted by atomic mass is 79.9. The van der Waals surface area contributed by atoms with Crippen molar-refractivity contribution in [3.8, 4) is 5.69 Å². The SMILES string of the molecule is NC(=O)c1cccc(Br)c1-n1c(N)c2c(cc1=O)C(=O)NC2=O. The molecule has 1 aromatic heterocycles. The smallest absolute Gasteiger partial charge is 0.262 e. The second kappa shape index (κ2) is 5.06. The number of fused-ring (bicyclic) bond motifs is 1. The maximum atomic E-state index is 12.4. The topological polar surface area (TPSA) is 137 Å². The fourth-order valence-corrected chi connectivity index (χ4v) is 2.99. The second-order valence-electron chi connectivity index (χ2n) is 4.78. The zero-order valence-corrected chi connectivity index (χ0v) is 13.0. The average Bonchev–Trinajstić information content (AvgIpc) is 2.74. The predicted octanol–water partition coefficient (Wildman–Crippen LogP) is 0.165. The number of nitrogens with two attached hydrogens (primary N) is 2. The van der Waals surface area contributed by atoms with E-state index in [9.17, 15) is 19.2 Å². The number of benzene rings is 1. The summed E-state index contributed by atoms with van der Waals surface area (Å²) in [5.74, 6) is -2.41. The van der Waals surface area contributed by atoms with E-state index in [4.69, 9.17) is 11.5 Å². The molecule has 116 valence electrons. The number of para-hydroxylation sites is 1. The van der Waals surface area contributed by atoms with E-state index in [2.05, 4.69) is 21.2 Å². The Labute approximate surface area is 137 Å². The molecule has 0 unspecified atom stereocenters. The van der Waals surface area contributed by atoms with E-state index >= 15 is 0 Å². The molecular formula is C14H9BrN4O4. The molecule has 2 aromatic rings. The quantitative estimate of drug-likeness (QED) is 0.641. The third kappa shape index (κ3) is 2.13. The zero-order chi connectivity index (χ0) is 16.9. The van der Waals surface area contributed by atoms with E-state index in [1.54, 1.807) is 12.1 Å². The van der Waals surface area contributed by atoms with E-state index < -0.39 is 23.3 Å². The van der Waals surface area contributed by atoms with Gasteiger partial charge in [0.15, 0.2) is 0 Å². The molecule has 0 radical (unpaired) electrons. The number of nitrogens with one attached hydrogen (secondary N) is 1. The van der Waals surface area contributed by atoms with Gasteiger partial charge in [-0.3, -0.25) is 29.1 Å². The molecule has 0 bridgehead atoms. The van der Waals surface area contributed by atoms with Crippen LogP contribution in [0.4, 0.5) is 5.82 Å². The highest BCUT2D eigenvalue weighted by molar-refractivity contribution is 9.10. The Hall–Kier alpha value is -2.94. The Balaban J connectivity index is 2.43. The first kappa shape index (κ1) is 15.0. The van der Waals surface area contributed by atoms with Crippen molar-refractivity contribution in [3.05, 3.63) is 55.8 Å². The zero-order valence-electron chi connectivity index (χ0n) is 11.4. The van der Waals surface area contributed by atoms with Gasteiger partial charge in [0, 0.05) is 10.5 Å². The van der Waals surface area contributed by atoms with Gasteiger partial charge in [-0.15, -0.1) is 0 Å². The Bertz CT molecular complexity index is 964. The normalized spacial score (nSPS) is 12.9. The Kier molecular flexibility index (Phi) is 3.29. The fourth-order valence-electron chi connectivity index (χ4n) is 2.45. The lowest BCUT2D eigenvalue weighted by Gasteiger charge is -2.15. The third-order valence-corrected chi connectivity index (χ3v) is 4.07. The van der Waals surface area contributed by atoms with Gasteiger partial charge in [0.1, 0.15) is 5.82 Å². The molecule has 3 rings (SSSR count). The van der Waals surface area contributed by atoms with E-state index in [1.807, 2.05) is 0 Å². The molecule has 0 atom stereocenters. The number of hydrogen-bond acceptors (Lipinski definition) is 5. The largest absolute Gasteiger partial charge is 0.384 e. The summed E-state index contributed by atoms with van der Waals surface area (Å²) in [6.07, 6.45) is 0. The van der Waals surface area contributed by atoms with E-state index in [1.165, 1.54) is 6.07 Å². The van der Waals surface area contributed by atoms with Crippen LogP contribution in [0, 0.1) is 0 Å². The van der Waals surface area contributed by atoms with Crippen LogP contribution in [0.5, 0.6) is 0 Å². The lowest BCUT2D eigenvalue weighted by atomic mass is 10.1. The van der Waals surface area contributed by atoms with Crippen LogP contribution < -0.4 is 22.3 Å². The number of amides is 3. The summed E-state index contributed by atoms with van der Waals surface area (Å²) in [4.78, 5) is 47.5. The molecule has 5 N–H and O–H groups in total. The van der Waals surface area contributed by atoms with Crippen molar-refractivity contribution in [3.63, 3.8) is 0 Å². The number of anilines is 1. The van der Waals surface area contributed by atoms with Crippen molar-refractivity contribution in [2.45, 2.75) is 0 Å². The number of aromatic nitrogens is 1. The van der Waals surface area contributed by atoms with Crippen molar-refractivity contribution in [2.24, 2.45) is 5.73 Å². The van der Waals surface area contributed by atoms with Gasteiger partial charge in [0.25, 0.3) is 23.3 Å². The van der Waals surface area contributed by atoms with Crippen molar-refractivity contribution in [1.82, 2.24) is 9.88 Å². The first-order valence-corrected chi connectivity index (χ1v) is 7.12. The number of nitrogens with zero attached hydrogens (tertiary/aromatic N) is 1. The Morgan fingerprint density at radius 1 is 1.17 bits per heavy atom. The molecule has 1 aliphatic heterocycles. The summed E-state index contributed by atoms with van der Waals surface area (Å²) >= 11 is 3.24. The second-order valence-corrected chi connectivity index (χ2v) is 5.63. The Morgan fingerprint density at radius 3 is 2.52 bits per heavy atom. The summed E-state index contributed by atoms with van der Waals surface area (Å²) in [5, 5.41) is 2.07. The van der Waals surface area contributed by atoms with Crippen LogP contribution in [-0.2, 0) is 0 Å². The number of carbonyl (C=O) groups excluding carboxylic acids is 3. The van der Waals surface area contributed by atoms with Gasteiger partial charge in [0.05, 0.1) is 22.4 Å². The van der Waals surface area contributed by atoms with Gasteiger partial charge in [-0.1, -0.05) is 6.07 Å². The summed E-state index contributed by atoms with van der Waals surface area (Å²) in [5.41, 5.74) is 10.5. The van der Waals surface area contributed by atoms with E-state index in [0.29, 0.717) is 4.47 Å². The van der Waals surface area contributed by atoms with Gasteiger partial charge >= 0.3 is 0 Å². The van der Waals surface area contributed by atoms with Gasteiger partial charge in [-0.25, -0.2) is 0 Å². The van der Waals surface area contributed by atoms with Crippen LogP contribution in [0.25, 0.3) is 5.69 Å². The minimum atomic E-state index is -0.770. The highest BCUT2D eigenvalue weighted by Crippen LogP contribution is 2.29. The number of imide groups is 1. The first-order chi connectivity index (χ1) is 10.8. The van der Waals surface area contributed by atoms with E-state index in [0.717, 1.165) is 10.6 Å². The summed E-state index contributed by atoms with van der Waals surface area (Å²) in [6, 6.07) is 5.58. The molecule has 0 saturated carbocycles. The van der Waals surface area contributed by atoms with Gasteiger partial charge in [-0.05, 0) is 28.1 Å². The van der Waals surface area contributed by atoms with Crippen LogP contribution in [0.3, 0.4) is 0 Å². The highest BCUT2D eigenvalue weighted by Gasteiger charge is 2.32. The number of hydrogen-bond donors (Lipinski definition) is 3. The Morgan fingerprint density at radius 2 is 1.87 bits per heavy atom. The maximum absolute atomic E-state index is 12.4. The molecule has 9 heteroatoms. The molecule has 0 fully saturated rings. The summed E-state index contributed by atoms with van der Waals surface area (Å²) in [6.45, 7) is 0. The minimum absolute atomic E-state index is 0.0397. The number of primary amides is 1. The lowest BCUT2D eigenvalue weighted by molar-refractivity contribution is 0.0879. The van der Waals surface area contributed by atoms with Crippen LogP contribution in [0.15, 0.2) is 33.5 Å². The first-order valence-electron chi connectivity index (χ1n) is 6.33. The van der Waals surface area contributed by atoms with E-state index in [-0.39, 0.29) is 28.2 Å². The molecular weight excluding hydrogens is 368 g/mol. The molecule has 1 aromatic carbocycles. The molecule has 0 aliphatic carbocycles. The number of nitrogen functional groups attached to an aromatic ring is 1. The average molecular weight is 377 g/mol. The van der Waals surface area contributed by atoms with Crippen LogP contribution in [0.1, 0.15) is 31.1 Å².